The molecule has 1 amide bonds. The molecule has 8 heteroatoms. The van der Waals surface area contributed by atoms with Crippen LogP contribution in [0.4, 0.5) is 0 Å². The first-order chi connectivity index (χ1) is 10.9. The quantitative estimate of drug-likeness (QED) is 0.381. The number of nitrogens with one attached hydrogen (secondary N) is 1. The molecule has 0 radical (unpaired) electrons. The Bertz CT molecular complexity index is 450. The Balaban J connectivity index is 2.25. The van der Waals surface area contributed by atoms with E-state index >= 15 is 0 Å². The second kappa shape index (κ2) is 7.34. The van der Waals surface area contributed by atoms with E-state index in [0.717, 1.165) is 0 Å². The molecule has 7 atom stereocenters. The zero-order chi connectivity index (χ0) is 17.2. The van der Waals surface area contributed by atoms with Gasteiger partial charge in [-0.1, -0.05) is 6.42 Å². The van der Waals surface area contributed by atoms with Crippen LogP contribution in [0.25, 0.3) is 0 Å². The van der Waals surface area contributed by atoms with E-state index in [1.165, 1.54) is 0 Å². The largest absolute Gasteiger partial charge is 0.458 e. The number of alkyl halides is 1. The van der Waals surface area contributed by atoms with Crippen LogP contribution in [0.1, 0.15) is 32.6 Å². The summed E-state index contributed by atoms with van der Waals surface area (Å²) >= 11 is 5.73. The lowest BCUT2D eigenvalue weighted by Gasteiger charge is -2.41. The Labute approximate surface area is 140 Å². The lowest BCUT2D eigenvalue weighted by atomic mass is 9.74. The molecule has 1 heterocycles. The first-order valence-electron chi connectivity index (χ1n) is 7.88. The molecular formula is C15H24ClNO6. The average Bonchev–Trinajstić information content (AvgIpc) is 2.75. The molecule has 1 saturated heterocycles. The van der Waals surface area contributed by atoms with E-state index in [2.05, 4.69) is 5.32 Å². The maximum atomic E-state index is 12.2. The Hall–Kier alpha value is -0.890. The number of halogens is 1. The Kier molecular flexibility index (Phi) is 5.89. The molecular weight excluding hydrogens is 326 g/mol. The Morgan fingerprint density at radius 2 is 2.17 bits per heavy atom. The summed E-state index contributed by atoms with van der Waals surface area (Å²) in [4.78, 5) is 23.1. The molecule has 2 aliphatic rings. The van der Waals surface area contributed by atoms with Crippen LogP contribution in [0.2, 0.25) is 0 Å². The van der Waals surface area contributed by atoms with Gasteiger partial charge in [0.1, 0.15) is 5.60 Å². The van der Waals surface area contributed by atoms with E-state index in [4.69, 9.17) is 16.3 Å². The number of amides is 1. The standard InChI is InChI=1S/C15H24ClNO6/c1-15(23-7-18)9(5-6-16)14(22)17-13(15)12(21)8-3-2-4-10(19)11(8)20/h7-13,19-21H,2-6H2,1H3,(H,17,22)/t8-,9-,10?,11?,12-,13+,15-/m0/s1. The number of carbonyl (C=O) groups is 2. The van der Waals surface area contributed by atoms with Gasteiger partial charge in [0.25, 0.3) is 6.47 Å². The molecule has 0 spiro atoms. The lowest BCUT2D eigenvalue weighted by Crippen LogP contribution is -2.58. The van der Waals surface area contributed by atoms with Gasteiger partial charge in [0.05, 0.1) is 30.3 Å². The second-order valence-electron chi connectivity index (χ2n) is 6.56. The third-order valence-electron chi connectivity index (χ3n) is 5.27. The SMILES string of the molecule is C[C@@]1(OC=O)[C@@H]([C@@H](O)[C@H]2CCCC(O)C2O)NC(=O)[C@@H]1CCCl. The Morgan fingerprint density at radius 1 is 1.48 bits per heavy atom. The van der Waals surface area contributed by atoms with Gasteiger partial charge in [-0.15, -0.1) is 11.6 Å². The zero-order valence-corrected chi connectivity index (χ0v) is 13.8. The van der Waals surface area contributed by atoms with Crippen molar-refractivity contribution in [2.24, 2.45) is 11.8 Å². The smallest absolute Gasteiger partial charge is 0.293 e. The molecule has 0 aromatic carbocycles. The number of hydrogen-bond acceptors (Lipinski definition) is 6. The molecule has 0 aromatic heterocycles. The van der Waals surface area contributed by atoms with Crippen LogP contribution >= 0.6 is 11.6 Å². The van der Waals surface area contributed by atoms with Crippen molar-refractivity contribution in [3.63, 3.8) is 0 Å². The lowest BCUT2D eigenvalue weighted by molar-refractivity contribution is -0.157. The van der Waals surface area contributed by atoms with Crippen molar-refractivity contribution in [1.29, 1.82) is 0 Å². The number of aliphatic hydroxyl groups is 3. The van der Waals surface area contributed by atoms with Gasteiger partial charge in [-0.25, -0.2) is 0 Å². The van der Waals surface area contributed by atoms with Crippen molar-refractivity contribution in [2.45, 2.75) is 62.6 Å². The van der Waals surface area contributed by atoms with Crippen molar-refractivity contribution in [3.8, 4) is 0 Å². The van der Waals surface area contributed by atoms with Gasteiger partial charge in [0, 0.05) is 11.8 Å². The van der Waals surface area contributed by atoms with Gasteiger partial charge in [-0.2, -0.15) is 0 Å². The minimum atomic E-state index is -1.25. The van der Waals surface area contributed by atoms with E-state index in [1.807, 2.05) is 0 Å². The molecule has 23 heavy (non-hydrogen) atoms. The fourth-order valence-corrected chi connectivity index (χ4v) is 4.11. The molecule has 0 aromatic rings. The third kappa shape index (κ3) is 3.33. The summed E-state index contributed by atoms with van der Waals surface area (Å²) in [5.41, 5.74) is -1.25. The van der Waals surface area contributed by atoms with Crippen LogP contribution < -0.4 is 5.32 Å². The summed E-state index contributed by atoms with van der Waals surface area (Å²) in [5, 5.41) is 33.3. The van der Waals surface area contributed by atoms with Crippen LogP contribution in [0.15, 0.2) is 0 Å². The van der Waals surface area contributed by atoms with Crippen LogP contribution in [-0.4, -0.2) is 63.5 Å². The van der Waals surface area contributed by atoms with Gasteiger partial charge >= 0.3 is 0 Å². The molecule has 4 N–H and O–H groups in total. The van der Waals surface area contributed by atoms with Crippen LogP contribution in [0.5, 0.6) is 0 Å². The van der Waals surface area contributed by atoms with Gasteiger partial charge < -0.3 is 25.4 Å². The molecule has 1 aliphatic heterocycles. The van der Waals surface area contributed by atoms with Crippen molar-refractivity contribution < 1.29 is 29.6 Å². The van der Waals surface area contributed by atoms with Crippen molar-refractivity contribution in [3.05, 3.63) is 0 Å². The van der Waals surface area contributed by atoms with Gasteiger partial charge in [0.2, 0.25) is 5.91 Å². The Morgan fingerprint density at radius 3 is 2.78 bits per heavy atom. The minimum absolute atomic E-state index is 0.212. The minimum Gasteiger partial charge on any atom is -0.458 e. The second-order valence-corrected chi connectivity index (χ2v) is 6.94. The molecule has 2 fully saturated rings. The zero-order valence-electron chi connectivity index (χ0n) is 13.0. The van der Waals surface area contributed by atoms with E-state index in [1.54, 1.807) is 6.92 Å². The highest BCUT2D eigenvalue weighted by Crippen LogP contribution is 2.39. The first-order valence-corrected chi connectivity index (χ1v) is 8.42. The van der Waals surface area contributed by atoms with Crippen LogP contribution in [0, 0.1) is 11.8 Å². The van der Waals surface area contributed by atoms with E-state index in [-0.39, 0.29) is 18.3 Å². The molecule has 1 aliphatic carbocycles. The fourth-order valence-electron chi connectivity index (χ4n) is 3.89. The molecule has 132 valence electrons. The van der Waals surface area contributed by atoms with Crippen molar-refractivity contribution in [1.82, 2.24) is 5.32 Å². The molecule has 0 bridgehead atoms. The topological polar surface area (TPSA) is 116 Å². The van der Waals surface area contributed by atoms with Crippen LogP contribution in [0.3, 0.4) is 0 Å². The van der Waals surface area contributed by atoms with Gasteiger partial charge in [0.15, 0.2) is 0 Å². The molecule has 7 nitrogen and oxygen atoms in total. The highest BCUT2D eigenvalue weighted by atomic mass is 35.5. The van der Waals surface area contributed by atoms with E-state index in [9.17, 15) is 24.9 Å². The van der Waals surface area contributed by atoms with Crippen molar-refractivity contribution in [2.75, 3.05) is 5.88 Å². The van der Waals surface area contributed by atoms with E-state index < -0.39 is 41.8 Å². The predicted octanol–water partition coefficient (Wildman–Crippen LogP) is -0.456. The number of ether oxygens (including phenoxy) is 1. The molecule has 1 saturated carbocycles. The third-order valence-corrected chi connectivity index (χ3v) is 5.49. The maximum Gasteiger partial charge on any atom is 0.293 e. The normalized spacial score (nSPS) is 42.1. The fraction of sp³-hybridized carbons (Fsp3) is 0.867. The summed E-state index contributed by atoms with van der Waals surface area (Å²) in [6, 6.07) is -0.863. The number of aliphatic hydroxyl groups excluding tert-OH is 3. The predicted molar refractivity (Wildman–Crippen MR) is 81.7 cm³/mol. The van der Waals surface area contributed by atoms with Gasteiger partial charge in [-0.3, -0.25) is 9.59 Å². The summed E-state index contributed by atoms with van der Waals surface area (Å²) < 4.78 is 5.19. The molecule has 2 rings (SSSR count). The van der Waals surface area contributed by atoms with E-state index in [0.29, 0.717) is 25.7 Å². The van der Waals surface area contributed by atoms with Gasteiger partial charge in [-0.05, 0) is 26.2 Å². The maximum absolute atomic E-state index is 12.2. The van der Waals surface area contributed by atoms with Crippen molar-refractivity contribution >= 4 is 24.0 Å². The summed E-state index contributed by atoms with van der Waals surface area (Å²) in [6.45, 7) is 1.84. The summed E-state index contributed by atoms with van der Waals surface area (Å²) in [5.74, 6) is -1.41. The molecule has 2 unspecified atom stereocenters. The number of rotatable bonds is 6. The summed E-state index contributed by atoms with van der Waals surface area (Å²) in [6.07, 6.45) is -1.18. The highest BCUT2D eigenvalue weighted by molar-refractivity contribution is 6.18. The number of carbonyl (C=O) groups excluding carboxylic acids is 2. The summed E-state index contributed by atoms with van der Waals surface area (Å²) in [7, 11) is 0. The highest BCUT2D eigenvalue weighted by Gasteiger charge is 2.58. The first kappa shape index (κ1) is 18.4. The average molecular weight is 350 g/mol. The van der Waals surface area contributed by atoms with Crippen LogP contribution in [-0.2, 0) is 14.3 Å². The number of hydrogen-bond donors (Lipinski definition) is 4. The monoisotopic (exact) mass is 349 g/mol.